The first-order valence-electron chi connectivity index (χ1n) is 9.79. The van der Waals surface area contributed by atoms with Gasteiger partial charge in [-0.05, 0) is 31.2 Å². The second-order valence-corrected chi connectivity index (χ2v) is 7.02. The van der Waals surface area contributed by atoms with Gasteiger partial charge < -0.3 is 10.2 Å². The maximum atomic E-state index is 12.9. The van der Waals surface area contributed by atoms with E-state index in [9.17, 15) is 9.59 Å². The van der Waals surface area contributed by atoms with Crippen LogP contribution in [0, 0.1) is 0 Å². The highest BCUT2D eigenvalue weighted by Crippen LogP contribution is 2.19. The molecule has 2 rings (SSSR count). The van der Waals surface area contributed by atoms with Crippen molar-refractivity contribution < 1.29 is 9.59 Å². The van der Waals surface area contributed by atoms with Gasteiger partial charge in [0, 0.05) is 19.0 Å². The summed E-state index contributed by atoms with van der Waals surface area (Å²) >= 11 is 0. The van der Waals surface area contributed by atoms with E-state index in [1.165, 1.54) is 19.3 Å². The number of amides is 2. The number of carbonyl (C=O) groups excluding carboxylic acids is 2. The number of carbonyl (C=O) groups is 2. The second kappa shape index (κ2) is 10.2. The van der Waals surface area contributed by atoms with Crippen molar-refractivity contribution >= 4 is 11.8 Å². The third-order valence-electron chi connectivity index (χ3n) is 5.00. The van der Waals surface area contributed by atoms with Crippen molar-refractivity contribution in [3.05, 3.63) is 35.9 Å². The fourth-order valence-electron chi connectivity index (χ4n) is 3.60. The zero-order valence-electron chi connectivity index (χ0n) is 15.7. The van der Waals surface area contributed by atoms with Crippen molar-refractivity contribution in [2.45, 2.75) is 83.8 Å². The lowest BCUT2D eigenvalue weighted by Crippen LogP contribution is -2.51. The van der Waals surface area contributed by atoms with Crippen LogP contribution in [0.15, 0.2) is 30.3 Å². The van der Waals surface area contributed by atoms with Crippen LogP contribution in [0.1, 0.15) is 70.8 Å². The molecule has 2 amide bonds. The molecule has 4 heteroatoms. The first-order chi connectivity index (χ1) is 12.2. The molecule has 1 fully saturated rings. The van der Waals surface area contributed by atoms with Crippen LogP contribution in [-0.4, -0.2) is 28.8 Å². The molecule has 1 atom stereocenters. The van der Waals surface area contributed by atoms with E-state index < -0.39 is 0 Å². The molecule has 1 saturated carbocycles. The van der Waals surface area contributed by atoms with Crippen LogP contribution in [0.4, 0.5) is 0 Å². The fourth-order valence-corrected chi connectivity index (χ4v) is 3.60. The molecule has 0 heterocycles. The van der Waals surface area contributed by atoms with Gasteiger partial charge in [-0.1, -0.05) is 63.4 Å². The number of nitrogens with one attached hydrogen (secondary N) is 1. The van der Waals surface area contributed by atoms with Crippen LogP contribution in [0.25, 0.3) is 0 Å². The van der Waals surface area contributed by atoms with E-state index in [1.807, 2.05) is 44.2 Å². The Balaban J connectivity index is 2.10. The summed E-state index contributed by atoms with van der Waals surface area (Å²) in [5, 5.41) is 3.20. The molecular formula is C21H32N2O2. The molecule has 1 aliphatic carbocycles. The number of hydrogen-bond acceptors (Lipinski definition) is 2. The van der Waals surface area contributed by atoms with Gasteiger partial charge in [0.15, 0.2) is 0 Å². The highest BCUT2D eigenvalue weighted by atomic mass is 16.2. The van der Waals surface area contributed by atoms with Crippen molar-refractivity contribution in [3.63, 3.8) is 0 Å². The van der Waals surface area contributed by atoms with Crippen molar-refractivity contribution in [2.75, 3.05) is 0 Å². The van der Waals surface area contributed by atoms with Crippen molar-refractivity contribution in [3.8, 4) is 0 Å². The monoisotopic (exact) mass is 344 g/mol. The molecule has 0 saturated heterocycles. The number of benzene rings is 1. The zero-order valence-corrected chi connectivity index (χ0v) is 15.7. The first kappa shape index (κ1) is 19.5. The molecule has 0 aromatic heterocycles. The van der Waals surface area contributed by atoms with Gasteiger partial charge in [-0.3, -0.25) is 9.59 Å². The molecule has 1 unspecified atom stereocenters. The Kier molecular flexibility index (Phi) is 7.96. The zero-order chi connectivity index (χ0) is 18.1. The standard InChI is InChI=1S/C21H32N2O2/c1-3-11-20(24)23(16-17-12-7-5-8-13-17)19(4-2)21(25)22-18-14-9-6-10-15-18/h5,7-8,12-13,18-19H,3-4,6,9-11,14-16H2,1-2H3,(H,22,25). The lowest BCUT2D eigenvalue weighted by Gasteiger charge is -2.32. The summed E-state index contributed by atoms with van der Waals surface area (Å²) in [6, 6.07) is 9.82. The SMILES string of the molecule is CCCC(=O)N(Cc1ccccc1)C(CC)C(=O)NC1CCCCC1. The van der Waals surface area contributed by atoms with Crippen LogP contribution in [0.5, 0.6) is 0 Å². The summed E-state index contributed by atoms with van der Waals surface area (Å²) in [6.07, 6.45) is 7.67. The van der Waals surface area contributed by atoms with E-state index in [-0.39, 0.29) is 23.9 Å². The topological polar surface area (TPSA) is 49.4 Å². The molecule has 4 nitrogen and oxygen atoms in total. The molecule has 1 aromatic carbocycles. The maximum absolute atomic E-state index is 12.9. The largest absolute Gasteiger partial charge is 0.352 e. The van der Waals surface area contributed by atoms with Gasteiger partial charge >= 0.3 is 0 Å². The molecule has 0 aliphatic heterocycles. The van der Waals surface area contributed by atoms with Crippen LogP contribution >= 0.6 is 0 Å². The third kappa shape index (κ3) is 5.87. The van der Waals surface area contributed by atoms with E-state index in [1.54, 1.807) is 4.90 Å². The predicted octanol–water partition coefficient (Wildman–Crippen LogP) is 4.04. The first-order valence-corrected chi connectivity index (χ1v) is 9.79. The van der Waals surface area contributed by atoms with Gasteiger partial charge in [-0.15, -0.1) is 0 Å². The Morgan fingerprint density at radius 1 is 1.12 bits per heavy atom. The Morgan fingerprint density at radius 2 is 1.80 bits per heavy atom. The molecule has 0 radical (unpaired) electrons. The lowest BCUT2D eigenvalue weighted by atomic mass is 9.95. The molecule has 138 valence electrons. The third-order valence-corrected chi connectivity index (χ3v) is 5.00. The summed E-state index contributed by atoms with van der Waals surface area (Å²) in [7, 11) is 0. The van der Waals surface area contributed by atoms with E-state index in [0.29, 0.717) is 19.4 Å². The minimum absolute atomic E-state index is 0.00906. The minimum atomic E-state index is -0.388. The summed E-state index contributed by atoms with van der Waals surface area (Å²) in [5.41, 5.74) is 1.07. The van der Waals surface area contributed by atoms with E-state index in [0.717, 1.165) is 24.8 Å². The molecular weight excluding hydrogens is 312 g/mol. The minimum Gasteiger partial charge on any atom is -0.352 e. The van der Waals surface area contributed by atoms with Crippen LogP contribution in [0.2, 0.25) is 0 Å². The highest BCUT2D eigenvalue weighted by Gasteiger charge is 2.29. The van der Waals surface area contributed by atoms with Gasteiger partial charge in [0.25, 0.3) is 0 Å². The smallest absolute Gasteiger partial charge is 0.243 e. The summed E-state index contributed by atoms with van der Waals surface area (Å²) in [6.45, 7) is 4.49. The van der Waals surface area contributed by atoms with Crippen LogP contribution in [0.3, 0.4) is 0 Å². The average molecular weight is 344 g/mol. The molecule has 1 aliphatic rings. The lowest BCUT2D eigenvalue weighted by molar-refractivity contribution is -0.141. The molecule has 0 bridgehead atoms. The van der Waals surface area contributed by atoms with Crippen molar-refractivity contribution in [1.29, 1.82) is 0 Å². The van der Waals surface area contributed by atoms with Gasteiger partial charge in [-0.25, -0.2) is 0 Å². The molecule has 1 N–H and O–H groups in total. The predicted molar refractivity (Wildman–Crippen MR) is 101 cm³/mol. The molecule has 1 aromatic rings. The fraction of sp³-hybridized carbons (Fsp3) is 0.619. The number of hydrogen-bond donors (Lipinski definition) is 1. The number of rotatable bonds is 8. The Bertz CT molecular complexity index is 538. The van der Waals surface area contributed by atoms with Crippen LogP contribution < -0.4 is 5.32 Å². The van der Waals surface area contributed by atoms with E-state index in [4.69, 9.17) is 0 Å². The quantitative estimate of drug-likeness (QED) is 0.773. The molecule has 0 spiro atoms. The average Bonchev–Trinajstić information content (AvgIpc) is 2.63. The van der Waals surface area contributed by atoms with Gasteiger partial charge in [0.05, 0.1) is 0 Å². The highest BCUT2D eigenvalue weighted by molar-refractivity contribution is 5.87. The normalized spacial score (nSPS) is 16.2. The Hall–Kier alpha value is -1.84. The van der Waals surface area contributed by atoms with E-state index >= 15 is 0 Å². The van der Waals surface area contributed by atoms with Gasteiger partial charge in [0.2, 0.25) is 11.8 Å². The maximum Gasteiger partial charge on any atom is 0.243 e. The Morgan fingerprint density at radius 3 is 2.40 bits per heavy atom. The summed E-state index contributed by atoms with van der Waals surface area (Å²) < 4.78 is 0. The Labute approximate surface area is 152 Å². The summed E-state index contributed by atoms with van der Waals surface area (Å²) in [4.78, 5) is 27.3. The van der Waals surface area contributed by atoms with Crippen LogP contribution in [-0.2, 0) is 16.1 Å². The summed E-state index contributed by atoms with van der Waals surface area (Å²) in [5.74, 6) is 0.0757. The second-order valence-electron chi connectivity index (χ2n) is 7.02. The van der Waals surface area contributed by atoms with Gasteiger partial charge in [0.1, 0.15) is 6.04 Å². The van der Waals surface area contributed by atoms with Gasteiger partial charge in [-0.2, -0.15) is 0 Å². The van der Waals surface area contributed by atoms with E-state index in [2.05, 4.69) is 5.32 Å². The van der Waals surface area contributed by atoms with Crippen molar-refractivity contribution in [1.82, 2.24) is 10.2 Å². The number of nitrogens with zero attached hydrogens (tertiary/aromatic N) is 1. The van der Waals surface area contributed by atoms with Crippen molar-refractivity contribution in [2.24, 2.45) is 0 Å². The molecule has 25 heavy (non-hydrogen) atoms.